The first-order valence-electron chi connectivity index (χ1n) is 9.26. The second-order valence-electron chi connectivity index (χ2n) is 6.80. The van der Waals surface area contributed by atoms with Crippen LogP contribution in [0.15, 0.2) is 89.1 Å². The van der Waals surface area contributed by atoms with Crippen LogP contribution in [0.2, 0.25) is 0 Å². The second kappa shape index (κ2) is 7.55. The summed E-state index contributed by atoms with van der Waals surface area (Å²) in [6.07, 6.45) is 1.73. The van der Waals surface area contributed by atoms with E-state index in [9.17, 15) is 0 Å². The Kier molecular flexibility index (Phi) is 4.80. The summed E-state index contributed by atoms with van der Waals surface area (Å²) in [5.41, 5.74) is 4.77. The van der Waals surface area contributed by atoms with Crippen molar-refractivity contribution in [3.63, 3.8) is 0 Å². The number of hydrogen-bond acceptors (Lipinski definition) is 2. The Morgan fingerprint density at radius 2 is 1.48 bits per heavy atom. The molecule has 132 valence electrons. The highest BCUT2D eigenvalue weighted by atomic mass is 15.2. The molecule has 0 aliphatic carbocycles. The van der Waals surface area contributed by atoms with Crippen LogP contribution in [0.25, 0.3) is 21.5 Å². The zero-order valence-corrected chi connectivity index (χ0v) is 15.5. The standard InChI is InChI=1S/C25H22N2/c1-18-8-5-14-22-20(11-6-13-21(18)22)16-17-25(27-26-2)24-15-7-10-19-9-3-4-12-23(19)24/h3-15H,2,16-17H2,1H3/b27-25+. The van der Waals surface area contributed by atoms with Gasteiger partial charge in [-0.05, 0) is 52.4 Å². The highest BCUT2D eigenvalue weighted by Gasteiger charge is 2.10. The average molecular weight is 350 g/mol. The minimum absolute atomic E-state index is 0.820. The van der Waals surface area contributed by atoms with Gasteiger partial charge in [0.25, 0.3) is 0 Å². The van der Waals surface area contributed by atoms with Gasteiger partial charge in [-0.25, -0.2) is 0 Å². The molecule has 4 aromatic rings. The number of rotatable bonds is 5. The van der Waals surface area contributed by atoms with Gasteiger partial charge in [0.05, 0.1) is 5.71 Å². The van der Waals surface area contributed by atoms with E-state index in [0.29, 0.717) is 0 Å². The van der Waals surface area contributed by atoms with Crippen LogP contribution in [0, 0.1) is 6.92 Å². The SMILES string of the molecule is C=N/N=C(\CCc1cccc2c(C)cccc12)c1cccc2ccccc12. The molecule has 0 aliphatic rings. The van der Waals surface area contributed by atoms with Gasteiger partial charge in [0.1, 0.15) is 0 Å². The van der Waals surface area contributed by atoms with E-state index < -0.39 is 0 Å². The molecule has 4 aromatic carbocycles. The number of nitrogens with zero attached hydrogens (tertiary/aromatic N) is 2. The molecule has 0 fully saturated rings. The van der Waals surface area contributed by atoms with Gasteiger partial charge >= 0.3 is 0 Å². The molecule has 4 rings (SSSR count). The van der Waals surface area contributed by atoms with Crippen molar-refractivity contribution in [2.24, 2.45) is 10.2 Å². The van der Waals surface area contributed by atoms with E-state index in [4.69, 9.17) is 0 Å². The van der Waals surface area contributed by atoms with Gasteiger partial charge in [0.2, 0.25) is 0 Å². The fraction of sp³-hybridized carbons (Fsp3) is 0.120. The van der Waals surface area contributed by atoms with E-state index >= 15 is 0 Å². The Labute approximate surface area is 159 Å². The third-order valence-corrected chi connectivity index (χ3v) is 5.15. The maximum atomic E-state index is 4.39. The predicted molar refractivity (Wildman–Crippen MR) is 117 cm³/mol. The van der Waals surface area contributed by atoms with Crippen LogP contribution in [-0.4, -0.2) is 12.4 Å². The van der Waals surface area contributed by atoms with Crippen LogP contribution in [0.5, 0.6) is 0 Å². The summed E-state index contributed by atoms with van der Waals surface area (Å²) in [4.78, 5) is 0. The summed E-state index contributed by atoms with van der Waals surface area (Å²) < 4.78 is 0. The molecular weight excluding hydrogens is 328 g/mol. The quantitative estimate of drug-likeness (QED) is 0.296. The lowest BCUT2D eigenvalue weighted by Gasteiger charge is -2.11. The van der Waals surface area contributed by atoms with E-state index in [-0.39, 0.29) is 0 Å². The van der Waals surface area contributed by atoms with Crippen LogP contribution in [-0.2, 0) is 6.42 Å². The number of aryl methyl sites for hydroxylation is 2. The van der Waals surface area contributed by atoms with Gasteiger partial charge in [-0.15, -0.1) is 0 Å². The largest absolute Gasteiger partial charge is 0.167 e. The molecule has 2 heteroatoms. The molecule has 0 heterocycles. The number of fused-ring (bicyclic) bond motifs is 2. The summed E-state index contributed by atoms with van der Waals surface area (Å²) in [6.45, 7) is 5.75. The highest BCUT2D eigenvalue weighted by molar-refractivity contribution is 6.11. The molecule has 0 aromatic heterocycles. The Balaban J connectivity index is 1.71. The van der Waals surface area contributed by atoms with Crippen molar-refractivity contribution in [1.29, 1.82) is 0 Å². The fourth-order valence-corrected chi connectivity index (χ4v) is 3.80. The van der Waals surface area contributed by atoms with Crippen molar-refractivity contribution in [2.75, 3.05) is 0 Å². The zero-order valence-electron chi connectivity index (χ0n) is 15.5. The first-order chi connectivity index (χ1) is 13.3. The summed E-state index contributed by atoms with van der Waals surface area (Å²) >= 11 is 0. The van der Waals surface area contributed by atoms with Gasteiger partial charge in [-0.1, -0.05) is 78.9 Å². The van der Waals surface area contributed by atoms with E-state index in [2.05, 4.69) is 103 Å². The molecular formula is C25H22N2. The monoisotopic (exact) mass is 350 g/mol. The van der Waals surface area contributed by atoms with Crippen LogP contribution in [0.4, 0.5) is 0 Å². The smallest absolute Gasteiger partial charge is 0.0712 e. The average Bonchev–Trinajstić information content (AvgIpc) is 2.71. The van der Waals surface area contributed by atoms with Crippen LogP contribution >= 0.6 is 0 Å². The Morgan fingerprint density at radius 3 is 2.37 bits per heavy atom. The Morgan fingerprint density at radius 1 is 0.778 bits per heavy atom. The molecule has 0 atom stereocenters. The molecule has 0 unspecified atom stereocenters. The molecule has 0 bridgehead atoms. The van der Waals surface area contributed by atoms with Crippen LogP contribution < -0.4 is 0 Å². The van der Waals surface area contributed by atoms with E-state index in [1.807, 2.05) is 0 Å². The van der Waals surface area contributed by atoms with Gasteiger partial charge in [0.15, 0.2) is 0 Å². The van der Waals surface area contributed by atoms with Crippen LogP contribution in [0.3, 0.4) is 0 Å². The molecule has 0 saturated heterocycles. The second-order valence-corrected chi connectivity index (χ2v) is 6.80. The fourth-order valence-electron chi connectivity index (χ4n) is 3.80. The van der Waals surface area contributed by atoms with Gasteiger partial charge in [-0.2, -0.15) is 10.2 Å². The first-order valence-corrected chi connectivity index (χ1v) is 9.26. The summed E-state index contributed by atoms with van der Waals surface area (Å²) in [5, 5.41) is 13.3. The maximum absolute atomic E-state index is 4.39. The molecule has 0 amide bonds. The topological polar surface area (TPSA) is 24.7 Å². The van der Waals surface area contributed by atoms with Gasteiger partial charge in [-0.3, -0.25) is 0 Å². The third kappa shape index (κ3) is 3.39. The summed E-state index contributed by atoms with van der Waals surface area (Å²) in [6, 6.07) is 27.8. The van der Waals surface area contributed by atoms with Gasteiger partial charge < -0.3 is 0 Å². The molecule has 0 spiro atoms. The number of hydrogen-bond donors (Lipinski definition) is 0. The predicted octanol–water partition coefficient (Wildman–Crippen LogP) is 6.34. The maximum Gasteiger partial charge on any atom is 0.0712 e. The van der Waals surface area contributed by atoms with Crippen molar-refractivity contribution >= 4 is 34.0 Å². The molecule has 0 saturated carbocycles. The van der Waals surface area contributed by atoms with E-state index in [1.165, 1.54) is 32.7 Å². The van der Waals surface area contributed by atoms with E-state index in [1.54, 1.807) is 0 Å². The third-order valence-electron chi connectivity index (χ3n) is 5.15. The normalized spacial score (nSPS) is 11.8. The van der Waals surface area contributed by atoms with E-state index in [0.717, 1.165) is 24.1 Å². The van der Waals surface area contributed by atoms with Gasteiger partial charge in [0, 0.05) is 12.3 Å². The summed E-state index contributed by atoms with van der Waals surface area (Å²) in [5.74, 6) is 0. The van der Waals surface area contributed by atoms with Crippen molar-refractivity contribution < 1.29 is 0 Å². The van der Waals surface area contributed by atoms with Crippen molar-refractivity contribution in [2.45, 2.75) is 19.8 Å². The molecule has 27 heavy (non-hydrogen) atoms. The van der Waals surface area contributed by atoms with Crippen molar-refractivity contribution in [3.05, 3.63) is 95.6 Å². The molecule has 0 radical (unpaired) electrons. The minimum atomic E-state index is 0.820. The Bertz CT molecular complexity index is 1150. The van der Waals surface area contributed by atoms with Crippen molar-refractivity contribution in [1.82, 2.24) is 0 Å². The number of benzene rings is 4. The minimum Gasteiger partial charge on any atom is -0.167 e. The lowest BCUT2D eigenvalue weighted by molar-refractivity contribution is 1.04. The van der Waals surface area contributed by atoms with Crippen molar-refractivity contribution in [3.8, 4) is 0 Å². The Hall–Kier alpha value is -3.26. The molecule has 0 N–H and O–H groups in total. The lowest BCUT2D eigenvalue weighted by Crippen LogP contribution is -2.04. The molecule has 2 nitrogen and oxygen atoms in total. The summed E-state index contributed by atoms with van der Waals surface area (Å²) in [7, 11) is 0. The first kappa shape index (κ1) is 17.2. The zero-order chi connectivity index (χ0) is 18.6. The molecule has 0 aliphatic heterocycles. The van der Waals surface area contributed by atoms with Crippen LogP contribution in [0.1, 0.15) is 23.1 Å². The lowest BCUT2D eigenvalue weighted by atomic mass is 9.94. The highest BCUT2D eigenvalue weighted by Crippen LogP contribution is 2.25.